The molecule has 104 valence electrons. The van der Waals surface area contributed by atoms with Crippen molar-refractivity contribution in [1.29, 1.82) is 0 Å². The van der Waals surface area contributed by atoms with Crippen LogP contribution in [0.25, 0.3) is 0 Å². The van der Waals surface area contributed by atoms with Crippen LogP contribution in [-0.4, -0.2) is 37.7 Å². The van der Waals surface area contributed by atoms with Crippen LogP contribution in [0.15, 0.2) is 12.1 Å². The number of amides is 2. The van der Waals surface area contributed by atoms with Gasteiger partial charge in [0.05, 0.1) is 13.2 Å². The lowest BCUT2D eigenvalue weighted by Gasteiger charge is -2.18. The lowest BCUT2D eigenvalue weighted by molar-refractivity contribution is 0.218. The summed E-state index contributed by atoms with van der Waals surface area (Å²) in [7, 11) is 1.66. The average Bonchev–Trinajstić information content (AvgIpc) is 2.70. The van der Waals surface area contributed by atoms with Crippen LogP contribution in [0.5, 0.6) is 5.75 Å². The Bertz CT molecular complexity index is 488. The van der Waals surface area contributed by atoms with Gasteiger partial charge in [-0.1, -0.05) is 17.7 Å². The molecule has 1 fully saturated rings. The summed E-state index contributed by atoms with van der Waals surface area (Å²) in [6, 6.07) is 4.06. The van der Waals surface area contributed by atoms with Gasteiger partial charge >= 0.3 is 6.03 Å². The fourth-order valence-electron chi connectivity index (χ4n) is 2.64. The van der Waals surface area contributed by atoms with Gasteiger partial charge in [-0.25, -0.2) is 4.79 Å². The van der Waals surface area contributed by atoms with E-state index in [2.05, 4.69) is 17.4 Å². The second-order valence-electron chi connectivity index (χ2n) is 4.94. The van der Waals surface area contributed by atoms with E-state index in [1.165, 1.54) is 5.56 Å². The number of carbonyl (C=O) groups is 1. The fraction of sp³-hybridized carbons (Fsp3) is 0.500. The van der Waals surface area contributed by atoms with Gasteiger partial charge in [0.1, 0.15) is 5.75 Å². The Morgan fingerprint density at radius 2 is 2.21 bits per heavy atom. The molecule has 1 aromatic rings. The van der Waals surface area contributed by atoms with Gasteiger partial charge in [-0.15, -0.1) is 0 Å². The highest BCUT2D eigenvalue weighted by molar-refractivity contribution is 5.77. The normalized spacial score (nSPS) is 18.6. The number of urea groups is 1. The first-order chi connectivity index (χ1) is 9.06. The van der Waals surface area contributed by atoms with Crippen molar-refractivity contribution in [2.75, 3.05) is 26.7 Å². The van der Waals surface area contributed by atoms with Gasteiger partial charge in [-0.05, 0) is 19.4 Å². The summed E-state index contributed by atoms with van der Waals surface area (Å²) in [6.45, 7) is 5.75. The highest BCUT2D eigenvalue weighted by Crippen LogP contribution is 2.32. The minimum absolute atomic E-state index is 0.0346. The zero-order valence-electron chi connectivity index (χ0n) is 11.7. The molecule has 1 saturated heterocycles. The van der Waals surface area contributed by atoms with E-state index in [4.69, 9.17) is 10.5 Å². The van der Waals surface area contributed by atoms with E-state index in [1.807, 2.05) is 13.8 Å². The molecule has 0 aromatic heterocycles. The lowest BCUT2D eigenvalue weighted by atomic mass is 10.00. The molecule has 0 aliphatic carbocycles. The van der Waals surface area contributed by atoms with Crippen LogP contribution >= 0.6 is 0 Å². The minimum Gasteiger partial charge on any atom is -0.496 e. The molecule has 1 aromatic carbocycles. The van der Waals surface area contributed by atoms with Crippen LogP contribution in [0.3, 0.4) is 0 Å². The van der Waals surface area contributed by atoms with E-state index in [9.17, 15) is 4.79 Å². The highest BCUT2D eigenvalue weighted by atomic mass is 16.5. The van der Waals surface area contributed by atoms with E-state index in [1.54, 1.807) is 12.0 Å². The first-order valence-corrected chi connectivity index (χ1v) is 6.47. The molecule has 1 aliphatic rings. The minimum atomic E-state index is -0.0586. The smallest absolute Gasteiger partial charge is 0.318 e. The zero-order chi connectivity index (χ0) is 14.0. The fourth-order valence-corrected chi connectivity index (χ4v) is 2.64. The van der Waals surface area contributed by atoms with Gasteiger partial charge in [0, 0.05) is 25.2 Å². The van der Waals surface area contributed by atoms with Crippen LogP contribution in [0.4, 0.5) is 4.79 Å². The Kier molecular flexibility index (Phi) is 3.95. The number of benzene rings is 1. The second kappa shape index (κ2) is 5.48. The number of rotatable bonds is 4. The molecule has 0 radical (unpaired) electrons. The summed E-state index contributed by atoms with van der Waals surface area (Å²) in [4.78, 5) is 13.6. The van der Waals surface area contributed by atoms with Gasteiger partial charge in [-0.3, -0.25) is 0 Å². The molecule has 19 heavy (non-hydrogen) atoms. The SMILES string of the molecule is COc1c(C)cc(C)cc1C1CN(CCN)C(=O)N1. The number of aryl methyl sites for hydroxylation is 2. The van der Waals surface area contributed by atoms with Gasteiger partial charge in [0.2, 0.25) is 0 Å². The van der Waals surface area contributed by atoms with Gasteiger partial charge < -0.3 is 20.7 Å². The molecule has 1 heterocycles. The molecule has 0 spiro atoms. The average molecular weight is 263 g/mol. The summed E-state index contributed by atoms with van der Waals surface area (Å²) in [5, 5.41) is 2.99. The number of nitrogens with two attached hydrogens (primary N) is 1. The molecule has 0 bridgehead atoms. The summed E-state index contributed by atoms with van der Waals surface area (Å²) >= 11 is 0. The summed E-state index contributed by atoms with van der Waals surface area (Å²) < 4.78 is 5.48. The van der Waals surface area contributed by atoms with Crippen molar-refractivity contribution in [1.82, 2.24) is 10.2 Å². The molecule has 5 nitrogen and oxygen atoms in total. The Labute approximate surface area is 113 Å². The molecule has 3 N–H and O–H groups in total. The maximum Gasteiger partial charge on any atom is 0.318 e. The summed E-state index contributed by atoms with van der Waals surface area (Å²) in [6.07, 6.45) is 0. The van der Waals surface area contributed by atoms with Crippen LogP contribution in [-0.2, 0) is 0 Å². The summed E-state index contributed by atoms with van der Waals surface area (Å²) in [5.74, 6) is 0.852. The van der Waals surface area contributed by atoms with Crippen molar-refractivity contribution in [3.05, 3.63) is 28.8 Å². The maximum atomic E-state index is 11.8. The molecule has 2 rings (SSSR count). The lowest BCUT2D eigenvalue weighted by Crippen LogP contribution is -2.32. The predicted octanol–water partition coefficient (Wildman–Crippen LogP) is 1.34. The number of carbonyl (C=O) groups excluding carboxylic acids is 1. The van der Waals surface area contributed by atoms with Crippen LogP contribution in [0.1, 0.15) is 22.7 Å². The third kappa shape index (κ3) is 2.66. The van der Waals surface area contributed by atoms with Crippen molar-refractivity contribution >= 4 is 6.03 Å². The number of hydrogen-bond acceptors (Lipinski definition) is 3. The molecule has 5 heteroatoms. The van der Waals surface area contributed by atoms with Crippen molar-refractivity contribution in [2.45, 2.75) is 19.9 Å². The monoisotopic (exact) mass is 263 g/mol. The number of ether oxygens (including phenoxy) is 1. The molecule has 1 aliphatic heterocycles. The number of hydrogen-bond donors (Lipinski definition) is 2. The van der Waals surface area contributed by atoms with Crippen LogP contribution < -0.4 is 15.8 Å². The molecule has 1 atom stereocenters. The largest absolute Gasteiger partial charge is 0.496 e. The van der Waals surface area contributed by atoms with Gasteiger partial charge in [-0.2, -0.15) is 0 Å². The van der Waals surface area contributed by atoms with Crippen molar-refractivity contribution in [3.63, 3.8) is 0 Å². The van der Waals surface area contributed by atoms with Crippen molar-refractivity contribution in [3.8, 4) is 5.75 Å². The Morgan fingerprint density at radius 1 is 1.47 bits per heavy atom. The Hall–Kier alpha value is -1.75. The second-order valence-corrected chi connectivity index (χ2v) is 4.94. The third-order valence-corrected chi connectivity index (χ3v) is 3.41. The maximum absolute atomic E-state index is 11.8. The van der Waals surface area contributed by atoms with Crippen molar-refractivity contribution in [2.24, 2.45) is 5.73 Å². The van der Waals surface area contributed by atoms with Crippen LogP contribution in [0.2, 0.25) is 0 Å². The first kappa shape index (κ1) is 13.7. The standard InChI is InChI=1S/C14H21N3O2/c1-9-6-10(2)13(19-3)11(7-9)12-8-17(5-4-15)14(18)16-12/h6-7,12H,4-5,8,15H2,1-3H3,(H,16,18). The van der Waals surface area contributed by atoms with E-state index in [0.717, 1.165) is 16.9 Å². The third-order valence-electron chi connectivity index (χ3n) is 3.41. The van der Waals surface area contributed by atoms with E-state index in [0.29, 0.717) is 19.6 Å². The molecule has 2 amide bonds. The predicted molar refractivity (Wildman–Crippen MR) is 74.4 cm³/mol. The van der Waals surface area contributed by atoms with Crippen LogP contribution in [0, 0.1) is 13.8 Å². The number of methoxy groups -OCH3 is 1. The van der Waals surface area contributed by atoms with E-state index < -0.39 is 0 Å². The molecular formula is C14H21N3O2. The first-order valence-electron chi connectivity index (χ1n) is 6.47. The molecule has 0 saturated carbocycles. The Morgan fingerprint density at radius 3 is 2.84 bits per heavy atom. The highest BCUT2D eigenvalue weighted by Gasteiger charge is 2.31. The number of nitrogens with one attached hydrogen (secondary N) is 1. The van der Waals surface area contributed by atoms with Gasteiger partial charge in [0.15, 0.2) is 0 Å². The van der Waals surface area contributed by atoms with E-state index in [-0.39, 0.29) is 12.1 Å². The Balaban J connectivity index is 2.30. The van der Waals surface area contributed by atoms with Gasteiger partial charge in [0.25, 0.3) is 0 Å². The molecular weight excluding hydrogens is 242 g/mol. The topological polar surface area (TPSA) is 67.6 Å². The van der Waals surface area contributed by atoms with E-state index >= 15 is 0 Å². The zero-order valence-corrected chi connectivity index (χ0v) is 11.7. The number of nitrogens with zero attached hydrogens (tertiary/aromatic N) is 1. The quantitative estimate of drug-likeness (QED) is 0.861. The van der Waals surface area contributed by atoms with Crippen molar-refractivity contribution < 1.29 is 9.53 Å². The molecule has 1 unspecified atom stereocenters. The summed E-state index contributed by atoms with van der Waals surface area (Å²) in [5.41, 5.74) is 8.80.